The normalized spacial score (nSPS) is 15.3. The first-order valence-electron chi connectivity index (χ1n) is 2.50. The van der Waals surface area contributed by atoms with Crippen molar-refractivity contribution in [3.8, 4) is 0 Å². The second-order valence-electron chi connectivity index (χ2n) is 1.50. The maximum absolute atomic E-state index is 11.9. The third-order valence-electron chi connectivity index (χ3n) is 0.666. The lowest BCUT2D eigenvalue weighted by atomic mass is 10.6. The summed E-state index contributed by atoms with van der Waals surface area (Å²) < 4.78 is 39.2. The van der Waals surface area contributed by atoms with Crippen LogP contribution in [0.3, 0.4) is 0 Å². The van der Waals surface area contributed by atoms with Crippen LogP contribution >= 0.6 is 11.6 Å². The predicted molar refractivity (Wildman–Crippen MR) is 30.7 cm³/mol. The lowest BCUT2D eigenvalue weighted by Crippen LogP contribution is -2.31. The van der Waals surface area contributed by atoms with Crippen LogP contribution in [-0.4, -0.2) is 24.9 Å². The van der Waals surface area contributed by atoms with Crippen LogP contribution in [0.4, 0.5) is 13.2 Å². The van der Waals surface area contributed by atoms with E-state index in [1.165, 1.54) is 0 Å². The minimum Gasteiger partial charge on any atom is -0.328 e. The van der Waals surface area contributed by atoms with Gasteiger partial charge in [-0.25, -0.2) is 4.39 Å². The van der Waals surface area contributed by atoms with Crippen LogP contribution in [0.5, 0.6) is 0 Å². The highest BCUT2D eigenvalue weighted by molar-refractivity contribution is 6.20. The molecule has 0 aliphatic carbocycles. The molecule has 0 fully saturated rings. The molecular formula is C4H7ClF3NO. The monoisotopic (exact) mass is 177 g/mol. The maximum Gasteiger partial charge on any atom is 0.400 e. The number of ether oxygens (including phenoxy) is 1. The van der Waals surface area contributed by atoms with Gasteiger partial charge in [0.1, 0.15) is 0 Å². The van der Waals surface area contributed by atoms with Gasteiger partial charge in [0.05, 0.1) is 6.61 Å². The molecule has 0 aromatic carbocycles. The molecule has 2 N–H and O–H groups in total. The summed E-state index contributed by atoms with van der Waals surface area (Å²) in [6, 6.07) is 0. The van der Waals surface area contributed by atoms with Crippen molar-refractivity contribution in [3.05, 3.63) is 0 Å². The summed E-state index contributed by atoms with van der Waals surface area (Å²) in [6.45, 7) is -0.515. The van der Waals surface area contributed by atoms with Crippen molar-refractivity contribution < 1.29 is 17.9 Å². The second-order valence-corrected chi connectivity index (χ2v) is 1.88. The number of hydrogen-bond donors (Lipinski definition) is 1. The number of nitrogens with two attached hydrogens (primary N) is 1. The summed E-state index contributed by atoms with van der Waals surface area (Å²) in [5.41, 5.74) is 1.99. The summed E-state index contributed by atoms with van der Waals surface area (Å²) in [4.78, 5) is 0. The fraction of sp³-hybridized carbons (Fsp3) is 1.00. The summed E-state index contributed by atoms with van der Waals surface area (Å²) in [5, 5.41) is 0. The van der Waals surface area contributed by atoms with Crippen molar-refractivity contribution in [2.24, 2.45) is 5.73 Å². The van der Waals surface area contributed by atoms with Crippen molar-refractivity contribution in [1.82, 2.24) is 0 Å². The van der Waals surface area contributed by atoms with Crippen molar-refractivity contribution in [3.63, 3.8) is 0 Å². The predicted octanol–water partition coefficient (Wildman–Crippen LogP) is 1.09. The Balaban J connectivity index is 3.63. The number of hydrogen-bond acceptors (Lipinski definition) is 2. The summed E-state index contributed by atoms with van der Waals surface area (Å²) >= 11 is 4.42. The average Bonchev–Trinajstić information content (AvgIpc) is 1.84. The van der Waals surface area contributed by atoms with Crippen LogP contribution in [0.25, 0.3) is 0 Å². The van der Waals surface area contributed by atoms with Gasteiger partial charge in [-0.15, -0.1) is 0 Å². The van der Waals surface area contributed by atoms with E-state index in [0.717, 1.165) is 0 Å². The number of halogens is 4. The van der Waals surface area contributed by atoms with Crippen molar-refractivity contribution in [1.29, 1.82) is 0 Å². The van der Waals surface area contributed by atoms with E-state index in [4.69, 9.17) is 5.73 Å². The smallest absolute Gasteiger partial charge is 0.328 e. The molecule has 0 saturated carbocycles. The Morgan fingerprint density at radius 1 is 1.60 bits per heavy atom. The molecule has 0 heterocycles. The standard InChI is InChI=1S/C4H7ClF3NO/c5-3(6)4(7,8)10-2-1-9/h3H,1-2,9H2. The van der Waals surface area contributed by atoms with E-state index in [2.05, 4.69) is 16.3 Å². The van der Waals surface area contributed by atoms with Gasteiger partial charge in [0.15, 0.2) is 0 Å². The fourth-order valence-electron chi connectivity index (χ4n) is 0.258. The van der Waals surface area contributed by atoms with Crippen molar-refractivity contribution in [2.75, 3.05) is 13.2 Å². The van der Waals surface area contributed by atoms with Crippen molar-refractivity contribution in [2.45, 2.75) is 11.7 Å². The van der Waals surface area contributed by atoms with E-state index < -0.39 is 18.3 Å². The third-order valence-corrected chi connectivity index (χ3v) is 0.920. The molecular weight excluding hydrogens is 170 g/mol. The molecule has 0 aliphatic heterocycles. The molecule has 0 radical (unpaired) electrons. The third kappa shape index (κ3) is 3.24. The van der Waals surface area contributed by atoms with E-state index in [9.17, 15) is 13.2 Å². The first-order chi connectivity index (χ1) is 4.50. The van der Waals surface area contributed by atoms with Crippen LogP contribution in [0.15, 0.2) is 0 Å². The van der Waals surface area contributed by atoms with E-state index in [0.29, 0.717) is 0 Å². The minimum absolute atomic E-state index is 0.0980. The highest BCUT2D eigenvalue weighted by atomic mass is 35.5. The highest BCUT2D eigenvalue weighted by Crippen LogP contribution is 2.25. The lowest BCUT2D eigenvalue weighted by Gasteiger charge is -2.15. The zero-order chi connectivity index (χ0) is 8.20. The Kier molecular flexibility index (Phi) is 4.00. The van der Waals surface area contributed by atoms with E-state index >= 15 is 0 Å². The highest BCUT2D eigenvalue weighted by Gasteiger charge is 2.39. The Morgan fingerprint density at radius 2 is 2.10 bits per heavy atom. The Labute approximate surface area is 61.1 Å². The topological polar surface area (TPSA) is 35.2 Å². The molecule has 62 valence electrons. The molecule has 10 heavy (non-hydrogen) atoms. The van der Waals surface area contributed by atoms with Crippen molar-refractivity contribution >= 4 is 11.6 Å². The minimum atomic E-state index is -3.93. The van der Waals surface area contributed by atoms with Gasteiger partial charge in [-0.05, 0) is 0 Å². The average molecular weight is 178 g/mol. The molecule has 0 bridgehead atoms. The van der Waals surface area contributed by atoms with Gasteiger partial charge in [0, 0.05) is 6.54 Å². The van der Waals surface area contributed by atoms with Gasteiger partial charge < -0.3 is 10.5 Å². The van der Waals surface area contributed by atoms with Crippen LogP contribution in [0.2, 0.25) is 0 Å². The molecule has 0 amide bonds. The molecule has 0 spiro atoms. The zero-order valence-corrected chi connectivity index (χ0v) is 5.74. The molecule has 1 atom stereocenters. The summed E-state index contributed by atoms with van der Waals surface area (Å²) in [5.74, 6) is 0. The summed E-state index contributed by atoms with van der Waals surface area (Å²) in [7, 11) is 0. The largest absolute Gasteiger partial charge is 0.400 e. The molecule has 0 saturated heterocycles. The fourth-order valence-corrected chi connectivity index (χ4v) is 0.321. The summed E-state index contributed by atoms with van der Waals surface area (Å²) in [6.07, 6.45) is -3.93. The first-order valence-corrected chi connectivity index (χ1v) is 2.94. The van der Waals surface area contributed by atoms with E-state index in [1.807, 2.05) is 0 Å². The maximum atomic E-state index is 11.9. The SMILES string of the molecule is NCCOC(F)(F)C(F)Cl. The molecule has 2 nitrogen and oxygen atoms in total. The quantitative estimate of drug-likeness (QED) is 0.653. The second kappa shape index (κ2) is 4.00. The van der Waals surface area contributed by atoms with Crippen LogP contribution < -0.4 is 5.73 Å². The van der Waals surface area contributed by atoms with Gasteiger partial charge >= 0.3 is 6.11 Å². The van der Waals surface area contributed by atoms with Gasteiger partial charge in [-0.3, -0.25) is 0 Å². The molecule has 6 heteroatoms. The van der Waals surface area contributed by atoms with E-state index in [-0.39, 0.29) is 6.54 Å². The zero-order valence-electron chi connectivity index (χ0n) is 4.99. The van der Waals surface area contributed by atoms with Gasteiger partial charge in [-0.2, -0.15) is 8.78 Å². The van der Waals surface area contributed by atoms with Gasteiger partial charge in [-0.1, -0.05) is 11.6 Å². The van der Waals surface area contributed by atoms with Crippen LogP contribution in [-0.2, 0) is 4.74 Å². The van der Waals surface area contributed by atoms with Crippen LogP contribution in [0, 0.1) is 0 Å². The number of rotatable bonds is 4. The number of alkyl halides is 4. The van der Waals surface area contributed by atoms with E-state index in [1.54, 1.807) is 0 Å². The Hall–Kier alpha value is -0.0000000000000000555. The molecule has 0 aromatic heterocycles. The van der Waals surface area contributed by atoms with Gasteiger partial charge in [0.25, 0.3) is 5.63 Å². The molecule has 0 aliphatic rings. The first kappa shape index (κ1) is 10.0. The molecule has 0 aromatic rings. The van der Waals surface area contributed by atoms with Gasteiger partial charge in [0.2, 0.25) is 0 Å². The Morgan fingerprint density at radius 3 is 2.40 bits per heavy atom. The molecule has 0 rings (SSSR count). The Bertz CT molecular complexity index is 101. The van der Waals surface area contributed by atoms with Crippen LogP contribution in [0.1, 0.15) is 0 Å². The lowest BCUT2D eigenvalue weighted by molar-refractivity contribution is -0.254. The molecule has 1 unspecified atom stereocenters.